The van der Waals surface area contributed by atoms with E-state index < -0.39 is 60.2 Å². The summed E-state index contributed by atoms with van der Waals surface area (Å²) in [5.41, 5.74) is 11.7. The highest BCUT2D eigenvalue weighted by atomic mass is 32.1. The van der Waals surface area contributed by atoms with E-state index in [-0.39, 0.29) is 25.1 Å². The third-order valence-corrected chi connectivity index (χ3v) is 5.68. The van der Waals surface area contributed by atoms with Gasteiger partial charge >= 0.3 is 5.97 Å². The van der Waals surface area contributed by atoms with E-state index in [1.807, 2.05) is 0 Å². The van der Waals surface area contributed by atoms with Crippen molar-refractivity contribution in [2.45, 2.75) is 49.9 Å². The molecule has 0 saturated carbocycles. The fourth-order valence-corrected chi connectivity index (χ4v) is 3.75. The lowest BCUT2D eigenvalue weighted by molar-refractivity contribution is -0.149. The Bertz CT molecular complexity index is 883. The van der Waals surface area contributed by atoms with Crippen LogP contribution in [-0.2, 0) is 30.4 Å². The van der Waals surface area contributed by atoms with Crippen LogP contribution in [0.2, 0.25) is 0 Å². The molecule has 1 aromatic carbocycles. The molecule has 4 amide bonds. The van der Waals surface area contributed by atoms with Crippen LogP contribution < -0.4 is 22.1 Å². The van der Waals surface area contributed by atoms with Gasteiger partial charge in [-0.25, -0.2) is 4.79 Å². The number of hydrogen-bond donors (Lipinski definition) is 6. The van der Waals surface area contributed by atoms with Crippen LogP contribution in [0, 0.1) is 0 Å². The van der Waals surface area contributed by atoms with Crippen LogP contribution >= 0.6 is 12.6 Å². The number of primary amides is 1. The average molecular weight is 480 g/mol. The first-order valence-electron chi connectivity index (χ1n) is 10.5. The first-order chi connectivity index (χ1) is 15.6. The maximum atomic E-state index is 13.1. The van der Waals surface area contributed by atoms with E-state index in [1.165, 1.54) is 0 Å². The van der Waals surface area contributed by atoms with Crippen molar-refractivity contribution in [3.63, 3.8) is 0 Å². The van der Waals surface area contributed by atoms with Crippen molar-refractivity contribution in [3.05, 3.63) is 35.9 Å². The summed E-state index contributed by atoms with van der Waals surface area (Å²) in [5.74, 6) is -4.02. The van der Waals surface area contributed by atoms with Gasteiger partial charge in [-0.1, -0.05) is 30.3 Å². The largest absolute Gasteiger partial charge is 0.480 e. The molecule has 33 heavy (non-hydrogen) atoms. The second kappa shape index (κ2) is 12.2. The quantitative estimate of drug-likeness (QED) is 0.206. The molecular formula is C21H29N5O6S. The number of benzene rings is 1. The van der Waals surface area contributed by atoms with Crippen molar-refractivity contribution >= 4 is 42.2 Å². The number of carboxylic acid groups (broad SMARTS) is 1. The number of thiol groups is 1. The number of carbonyl (C=O) groups excluding carboxylic acids is 4. The molecule has 0 spiro atoms. The van der Waals surface area contributed by atoms with Gasteiger partial charge in [-0.3, -0.25) is 19.2 Å². The molecule has 1 aliphatic rings. The SMILES string of the molecule is NC(=O)CC(NC(=O)C(Cc1ccccc1)NC(=O)C(N)CS)C(=O)N1CCCC1C(=O)O. The predicted molar refractivity (Wildman–Crippen MR) is 122 cm³/mol. The zero-order valence-electron chi connectivity index (χ0n) is 18.0. The molecule has 1 aliphatic heterocycles. The summed E-state index contributed by atoms with van der Waals surface area (Å²) < 4.78 is 0. The molecule has 0 aromatic heterocycles. The number of carboxylic acids is 1. The molecule has 0 bridgehead atoms. The molecule has 1 heterocycles. The van der Waals surface area contributed by atoms with Gasteiger partial charge in [0.25, 0.3) is 0 Å². The lowest BCUT2D eigenvalue weighted by Crippen LogP contribution is -2.58. The van der Waals surface area contributed by atoms with Gasteiger partial charge in [0, 0.05) is 18.7 Å². The molecule has 1 aromatic rings. The van der Waals surface area contributed by atoms with Crippen LogP contribution in [0.3, 0.4) is 0 Å². The van der Waals surface area contributed by atoms with Crippen LogP contribution in [0.5, 0.6) is 0 Å². The normalized spacial score (nSPS) is 18.1. The van der Waals surface area contributed by atoms with E-state index in [1.54, 1.807) is 30.3 Å². The van der Waals surface area contributed by atoms with Crippen molar-refractivity contribution in [1.82, 2.24) is 15.5 Å². The van der Waals surface area contributed by atoms with Crippen LogP contribution in [0.15, 0.2) is 30.3 Å². The number of amides is 4. The summed E-state index contributed by atoms with van der Waals surface area (Å²) in [4.78, 5) is 62.6. The maximum absolute atomic E-state index is 13.1. The highest BCUT2D eigenvalue weighted by Crippen LogP contribution is 2.19. The van der Waals surface area contributed by atoms with Gasteiger partial charge in [0.1, 0.15) is 18.1 Å². The summed E-state index contributed by atoms with van der Waals surface area (Å²) >= 11 is 3.99. The Morgan fingerprint density at radius 3 is 2.30 bits per heavy atom. The van der Waals surface area contributed by atoms with Crippen molar-refractivity contribution in [3.8, 4) is 0 Å². The molecule has 12 heteroatoms. The number of nitrogens with one attached hydrogen (secondary N) is 2. The fraction of sp³-hybridized carbons (Fsp3) is 0.476. The van der Waals surface area contributed by atoms with Crippen LogP contribution in [0.1, 0.15) is 24.8 Å². The number of hydrogen-bond acceptors (Lipinski definition) is 7. The fourth-order valence-electron chi connectivity index (χ4n) is 3.58. The molecule has 11 nitrogen and oxygen atoms in total. The smallest absolute Gasteiger partial charge is 0.326 e. The lowest BCUT2D eigenvalue weighted by Gasteiger charge is -2.28. The van der Waals surface area contributed by atoms with Crippen molar-refractivity contribution in [2.24, 2.45) is 11.5 Å². The first kappa shape index (κ1) is 26.1. The van der Waals surface area contributed by atoms with Crippen molar-refractivity contribution in [2.75, 3.05) is 12.3 Å². The minimum absolute atomic E-state index is 0.0554. The number of nitrogens with zero attached hydrogens (tertiary/aromatic N) is 1. The van der Waals surface area contributed by atoms with Crippen molar-refractivity contribution in [1.29, 1.82) is 0 Å². The van der Waals surface area contributed by atoms with E-state index in [0.717, 1.165) is 10.5 Å². The second-order valence-corrected chi connectivity index (χ2v) is 8.16. The molecule has 4 unspecified atom stereocenters. The Hall–Kier alpha value is -3.12. The molecule has 2 rings (SSSR count). The third-order valence-electron chi connectivity index (χ3n) is 5.29. The summed E-state index contributed by atoms with van der Waals surface area (Å²) in [5, 5.41) is 14.4. The Balaban J connectivity index is 2.23. The molecule has 0 aliphatic carbocycles. The van der Waals surface area contributed by atoms with Gasteiger partial charge in [0.2, 0.25) is 23.6 Å². The molecule has 180 valence electrons. The molecule has 4 atom stereocenters. The summed E-state index contributed by atoms with van der Waals surface area (Å²) in [6, 6.07) is 4.38. The highest BCUT2D eigenvalue weighted by Gasteiger charge is 2.39. The molecule has 1 fully saturated rings. The Labute approximate surface area is 196 Å². The number of likely N-dealkylation sites (tertiary alicyclic amines) is 1. The van der Waals surface area contributed by atoms with E-state index in [4.69, 9.17) is 11.5 Å². The van der Waals surface area contributed by atoms with Crippen LogP contribution in [-0.4, -0.2) is 76.1 Å². The number of carbonyl (C=O) groups is 5. The number of aliphatic carboxylic acids is 1. The van der Waals surface area contributed by atoms with Gasteiger partial charge in [-0.05, 0) is 18.4 Å². The summed E-state index contributed by atoms with van der Waals surface area (Å²) in [7, 11) is 0. The van der Waals surface area contributed by atoms with E-state index in [2.05, 4.69) is 23.3 Å². The van der Waals surface area contributed by atoms with Crippen LogP contribution in [0.25, 0.3) is 0 Å². The molecule has 7 N–H and O–H groups in total. The summed E-state index contributed by atoms with van der Waals surface area (Å²) in [6.45, 7) is 0.182. The monoisotopic (exact) mass is 479 g/mol. The standard InChI is InChI=1S/C21H29N5O6S/c22-13(11-33)18(28)24-14(9-12-5-2-1-3-6-12)19(29)25-15(10-17(23)27)20(30)26-8-4-7-16(26)21(31)32/h1-3,5-6,13-16,33H,4,7-11,22H2,(H2,23,27)(H,24,28)(H,25,29)(H,31,32). The zero-order chi connectivity index (χ0) is 24.5. The Morgan fingerprint density at radius 2 is 1.73 bits per heavy atom. The molecule has 0 radical (unpaired) electrons. The molecule has 1 saturated heterocycles. The maximum Gasteiger partial charge on any atom is 0.326 e. The topological polar surface area (TPSA) is 185 Å². The summed E-state index contributed by atoms with van der Waals surface area (Å²) in [6.07, 6.45) is 0.326. The van der Waals surface area contributed by atoms with Gasteiger partial charge in [0.05, 0.1) is 12.5 Å². The predicted octanol–water partition coefficient (Wildman–Crippen LogP) is -1.59. The van der Waals surface area contributed by atoms with E-state index >= 15 is 0 Å². The first-order valence-corrected chi connectivity index (χ1v) is 11.1. The van der Waals surface area contributed by atoms with Gasteiger partial charge in [0.15, 0.2) is 0 Å². The number of rotatable bonds is 11. The van der Waals surface area contributed by atoms with Gasteiger partial charge in [-0.2, -0.15) is 12.6 Å². The number of nitrogens with two attached hydrogens (primary N) is 2. The minimum Gasteiger partial charge on any atom is -0.480 e. The van der Waals surface area contributed by atoms with Gasteiger partial charge in [-0.15, -0.1) is 0 Å². The Kier molecular flexibility index (Phi) is 9.67. The average Bonchev–Trinajstić information content (AvgIpc) is 3.27. The van der Waals surface area contributed by atoms with E-state index in [0.29, 0.717) is 6.42 Å². The van der Waals surface area contributed by atoms with Crippen LogP contribution in [0.4, 0.5) is 0 Å². The third kappa shape index (κ3) is 7.46. The lowest BCUT2D eigenvalue weighted by atomic mass is 10.0. The van der Waals surface area contributed by atoms with E-state index in [9.17, 15) is 29.1 Å². The highest BCUT2D eigenvalue weighted by molar-refractivity contribution is 7.80. The Morgan fingerprint density at radius 1 is 1.09 bits per heavy atom. The van der Waals surface area contributed by atoms with Crippen molar-refractivity contribution < 1.29 is 29.1 Å². The zero-order valence-corrected chi connectivity index (χ0v) is 18.9. The van der Waals surface area contributed by atoms with Gasteiger partial charge < -0.3 is 32.1 Å². The second-order valence-electron chi connectivity index (χ2n) is 7.80. The minimum atomic E-state index is -1.37. The molecular weight excluding hydrogens is 450 g/mol.